The molecule has 0 unspecified atom stereocenters. The van der Waals surface area contributed by atoms with Gasteiger partial charge in [0, 0.05) is 10.0 Å². The highest BCUT2D eigenvalue weighted by Crippen LogP contribution is 2.28. The van der Waals surface area contributed by atoms with Gasteiger partial charge in [0.25, 0.3) is 0 Å². The number of nitrogens with zero attached hydrogens (tertiary/aromatic N) is 2. The molecule has 2 aromatic rings. The van der Waals surface area contributed by atoms with Gasteiger partial charge >= 0.3 is 0 Å². The third-order valence-corrected chi connectivity index (χ3v) is 2.84. The zero-order chi connectivity index (χ0) is 11.7. The minimum atomic E-state index is 0.185. The van der Waals surface area contributed by atoms with Crippen LogP contribution in [-0.2, 0) is 0 Å². The Morgan fingerprint density at radius 3 is 2.75 bits per heavy atom. The van der Waals surface area contributed by atoms with E-state index < -0.39 is 0 Å². The van der Waals surface area contributed by atoms with Crippen molar-refractivity contribution < 1.29 is 0 Å². The first-order valence-electron chi connectivity index (χ1n) is 4.25. The Bertz CT molecular complexity index is 598. The van der Waals surface area contributed by atoms with Gasteiger partial charge in [-0.15, -0.1) is 0 Å². The van der Waals surface area contributed by atoms with Crippen molar-refractivity contribution in [3.63, 3.8) is 0 Å². The van der Waals surface area contributed by atoms with Gasteiger partial charge in [-0.2, -0.15) is 4.98 Å². The second-order valence-electron chi connectivity index (χ2n) is 2.99. The van der Waals surface area contributed by atoms with E-state index in [2.05, 4.69) is 30.9 Å². The van der Waals surface area contributed by atoms with E-state index in [-0.39, 0.29) is 10.7 Å². The van der Waals surface area contributed by atoms with Crippen LogP contribution in [0.15, 0.2) is 22.7 Å². The number of nitrogens with one attached hydrogen (secondary N) is 1. The van der Waals surface area contributed by atoms with Crippen LogP contribution in [0.1, 0.15) is 0 Å². The molecule has 0 atom stereocenters. The van der Waals surface area contributed by atoms with Crippen LogP contribution in [0, 0.1) is 4.77 Å². The number of halogens is 2. The fourth-order valence-corrected chi connectivity index (χ4v) is 2.16. The average Bonchev–Trinajstić information content (AvgIpc) is 2.15. The molecule has 2 rings (SSSR count). The van der Waals surface area contributed by atoms with Crippen LogP contribution in [0.3, 0.4) is 0 Å². The SMILES string of the molecule is Nc1nc(=S)nc(-c2ccc(Br)cc2Cl)[nH]1. The number of aromatic nitrogens is 3. The molecule has 0 saturated carbocycles. The van der Waals surface area contributed by atoms with Crippen LogP contribution in [0.4, 0.5) is 5.95 Å². The summed E-state index contributed by atoms with van der Waals surface area (Å²) in [5.74, 6) is 0.726. The van der Waals surface area contributed by atoms with Crippen LogP contribution in [0.25, 0.3) is 11.4 Å². The summed E-state index contributed by atoms with van der Waals surface area (Å²) in [6, 6.07) is 5.45. The molecule has 7 heteroatoms. The highest BCUT2D eigenvalue weighted by molar-refractivity contribution is 9.10. The molecule has 3 N–H and O–H groups in total. The molecular weight excluding hydrogens is 312 g/mol. The molecule has 1 heterocycles. The van der Waals surface area contributed by atoms with Crippen LogP contribution in [0.2, 0.25) is 5.02 Å². The predicted molar refractivity (Wildman–Crippen MR) is 69.8 cm³/mol. The van der Waals surface area contributed by atoms with Crippen molar-refractivity contribution in [3.05, 3.63) is 32.5 Å². The van der Waals surface area contributed by atoms with Gasteiger partial charge in [0.05, 0.1) is 5.02 Å². The van der Waals surface area contributed by atoms with E-state index in [9.17, 15) is 0 Å². The molecule has 0 amide bonds. The van der Waals surface area contributed by atoms with E-state index >= 15 is 0 Å². The van der Waals surface area contributed by atoms with E-state index in [1.807, 2.05) is 12.1 Å². The second kappa shape index (κ2) is 4.48. The number of H-pyrrole nitrogens is 1. The van der Waals surface area contributed by atoms with Crippen molar-refractivity contribution in [1.29, 1.82) is 0 Å². The normalized spacial score (nSPS) is 10.4. The molecule has 82 valence electrons. The number of rotatable bonds is 1. The maximum atomic E-state index is 6.08. The van der Waals surface area contributed by atoms with Gasteiger partial charge in [0.1, 0.15) is 5.82 Å². The summed E-state index contributed by atoms with van der Waals surface area (Å²) in [5.41, 5.74) is 6.28. The van der Waals surface area contributed by atoms with Gasteiger partial charge in [-0.1, -0.05) is 27.5 Å². The van der Waals surface area contributed by atoms with Crippen molar-refractivity contribution in [2.75, 3.05) is 5.73 Å². The third-order valence-electron chi connectivity index (χ3n) is 1.86. The summed E-state index contributed by atoms with van der Waals surface area (Å²) in [5, 5.41) is 0.554. The molecule has 0 saturated heterocycles. The van der Waals surface area contributed by atoms with Crippen molar-refractivity contribution in [2.45, 2.75) is 0 Å². The van der Waals surface area contributed by atoms with E-state index in [4.69, 9.17) is 29.6 Å². The summed E-state index contributed by atoms with van der Waals surface area (Å²) >= 11 is 14.3. The first kappa shape index (κ1) is 11.5. The van der Waals surface area contributed by atoms with E-state index in [1.165, 1.54) is 0 Å². The second-order valence-corrected chi connectivity index (χ2v) is 4.68. The molecule has 1 aromatic carbocycles. The lowest BCUT2D eigenvalue weighted by Gasteiger charge is -2.04. The first-order chi connectivity index (χ1) is 7.56. The third kappa shape index (κ3) is 2.40. The Morgan fingerprint density at radius 1 is 1.38 bits per heavy atom. The fourth-order valence-electron chi connectivity index (χ4n) is 1.21. The molecule has 0 radical (unpaired) electrons. The van der Waals surface area contributed by atoms with Gasteiger partial charge in [0.15, 0.2) is 0 Å². The first-order valence-corrected chi connectivity index (χ1v) is 5.83. The van der Waals surface area contributed by atoms with Crippen LogP contribution in [0.5, 0.6) is 0 Å². The van der Waals surface area contributed by atoms with Gasteiger partial charge in [-0.25, -0.2) is 4.98 Å². The molecule has 4 nitrogen and oxygen atoms in total. The lowest BCUT2D eigenvalue weighted by Crippen LogP contribution is -2.00. The van der Waals surface area contributed by atoms with E-state index in [1.54, 1.807) is 6.07 Å². The standard InChI is InChI=1S/C9H6BrClN4S/c10-4-1-2-5(6(11)3-4)7-13-8(12)15-9(16)14-7/h1-3H,(H3,12,13,14,15,16). The Labute approximate surface area is 110 Å². The van der Waals surface area contributed by atoms with Gasteiger partial charge in [-0.05, 0) is 30.4 Å². The quantitative estimate of drug-likeness (QED) is 0.793. The number of nitrogens with two attached hydrogens (primary N) is 1. The highest BCUT2D eigenvalue weighted by atomic mass is 79.9. The van der Waals surface area contributed by atoms with Crippen molar-refractivity contribution in [3.8, 4) is 11.4 Å². The minimum Gasteiger partial charge on any atom is -0.369 e. The van der Waals surface area contributed by atoms with Crippen molar-refractivity contribution >= 4 is 45.7 Å². The topological polar surface area (TPSA) is 67.6 Å². The zero-order valence-corrected chi connectivity index (χ0v) is 11.0. The molecule has 0 aliphatic heterocycles. The van der Waals surface area contributed by atoms with Gasteiger partial charge < -0.3 is 10.7 Å². The number of hydrogen-bond acceptors (Lipinski definition) is 4. The van der Waals surface area contributed by atoms with Crippen molar-refractivity contribution in [2.24, 2.45) is 0 Å². The lowest BCUT2D eigenvalue weighted by molar-refractivity contribution is 1.05. The Hall–Kier alpha value is -0.980. The Morgan fingerprint density at radius 2 is 2.12 bits per heavy atom. The Balaban J connectivity index is 2.63. The summed E-state index contributed by atoms with van der Waals surface area (Å²) in [4.78, 5) is 10.7. The lowest BCUT2D eigenvalue weighted by atomic mass is 10.2. The smallest absolute Gasteiger partial charge is 0.224 e. The highest BCUT2D eigenvalue weighted by Gasteiger charge is 2.07. The maximum absolute atomic E-state index is 6.08. The van der Waals surface area contributed by atoms with Crippen LogP contribution in [-0.4, -0.2) is 15.0 Å². The summed E-state index contributed by atoms with van der Waals surface area (Å²) in [6.07, 6.45) is 0. The van der Waals surface area contributed by atoms with E-state index in [0.717, 1.165) is 10.0 Å². The monoisotopic (exact) mass is 316 g/mol. The molecular formula is C9H6BrClN4S. The number of benzene rings is 1. The van der Waals surface area contributed by atoms with Crippen molar-refractivity contribution in [1.82, 2.24) is 15.0 Å². The van der Waals surface area contributed by atoms with Gasteiger partial charge in [-0.3, -0.25) is 0 Å². The number of aromatic amines is 1. The Kier molecular flexibility index (Phi) is 3.22. The minimum absolute atomic E-state index is 0.185. The largest absolute Gasteiger partial charge is 0.369 e. The number of nitrogen functional groups attached to an aromatic ring is 1. The molecule has 0 spiro atoms. The van der Waals surface area contributed by atoms with Crippen LogP contribution < -0.4 is 5.73 Å². The number of anilines is 1. The molecule has 0 fully saturated rings. The molecule has 0 bridgehead atoms. The molecule has 16 heavy (non-hydrogen) atoms. The summed E-state index contributed by atoms with van der Waals surface area (Å²) in [7, 11) is 0. The molecule has 0 aliphatic rings. The molecule has 1 aromatic heterocycles. The average molecular weight is 318 g/mol. The van der Waals surface area contributed by atoms with E-state index in [0.29, 0.717) is 10.8 Å². The summed E-state index contributed by atoms with van der Waals surface area (Å²) in [6.45, 7) is 0. The zero-order valence-electron chi connectivity index (χ0n) is 7.87. The van der Waals surface area contributed by atoms with Gasteiger partial charge in [0.2, 0.25) is 10.7 Å². The fraction of sp³-hybridized carbons (Fsp3) is 0. The van der Waals surface area contributed by atoms with Crippen LogP contribution >= 0.6 is 39.7 Å². The summed E-state index contributed by atoms with van der Waals surface area (Å²) < 4.78 is 1.08. The molecule has 0 aliphatic carbocycles. The predicted octanol–water partition coefficient (Wildman–Crippen LogP) is 3.20. The number of hydrogen-bond donors (Lipinski definition) is 2. The maximum Gasteiger partial charge on any atom is 0.224 e.